The molecule has 2 N–H and O–H groups in total. The number of nitrogens with one attached hydrogen (secondary N) is 2. The van der Waals surface area contributed by atoms with E-state index in [-0.39, 0.29) is 11.9 Å². The Kier molecular flexibility index (Phi) is 5.22. The second-order valence-corrected chi connectivity index (χ2v) is 5.06. The summed E-state index contributed by atoms with van der Waals surface area (Å²) in [7, 11) is 1.62. The summed E-state index contributed by atoms with van der Waals surface area (Å²) in [4.78, 5) is 12.0. The van der Waals surface area contributed by atoms with Crippen molar-refractivity contribution in [1.29, 1.82) is 0 Å². The molecule has 0 aliphatic rings. The molecule has 5 heteroatoms. The molecular formula is C16H22N2O3. The third kappa shape index (κ3) is 3.98. The van der Waals surface area contributed by atoms with Crippen molar-refractivity contribution in [2.45, 2.75) is 26.3 Å². The van der Waals surface area contributed by atoms with E-state index in [1.165, 1.54) is 0 Å². The van der Waals surface area contributed by atoms with Crippen molar-refractivity contribution < 1.29 is 13.9 Å². The molecular weight excluding hydrogens is 268 g/mol. The number of benzene rings is 1. The molecule has 0 saturated heterocycles. The van der Waals surface area contributed by atoms with Gasteiger partial charge in [0.05, 0.1) is 19.8 Å². The van der Waals surface area contributed by atoms with Gasteiger partial charge in [-0.15, -0.1) is 0 Å². The molecule has 1 aromatic carbocycles. The van der Waals surface area contributed by atoms with Crippen molar-refractivity contribution in [3.05, 3.63) is 30.0 Å². The molecule has 0 fully saturated rings. The number of rotatable bonds is 7. The van der Waals surface area contributed by atoms with E-state index in [1.807, 2.05) is 32.0 Å². The van der Waals surface area contributed by atoms with Crippen LogP contribution in [0.5, 0.6) is 5.75 Å². The number of hydrogen-bond donors (Lipinski definition) is 2. The molecule has 0 aliphatic carbocycles. The molecule has 1 heterocycles. The summed E-state index contributed by atoms with van der Waals surface area (Å²) >= 11 is 0. The summed E-state index contributed by atoms with van der Waals surface area (Å²) in [6, 6.07) is 5.88. The first-order chi connectivity index (χ1) is 10.1. The van der Waals surface area contributed by atoms with Gasteiger partial charge in [-0.25, -0.2) is 0 Å². The summed E-state index contributed by atoms with van der Waals surface area (Å²) in [6.07, 6.45) is 1.95. The molecule has 5 nitrogen and oxygen atoms in total. The van der Waals surface area contributed by atoms with Gasteiger partial charge in [0.1, 0.15) is 11.3 Å². The Morgan fingerprint density at radius 2 is 2.24 bits per heavy atom. The molecule has 0 saturated carbocycles. The molecule has 0 unspecified atom stereocenters. The quantitative estimate of drug-likeness (QED) is 0.819. The van der Waals surface area contributed by atoms with Crippen LogP contribution in [0.15, 0.2) is 28.9 Å². The van der Waals surface area contributed by atoms with Gasteiger partial charge in [0.25, 0.3) is 0 Å². The maximum absolute atomic E-state index is 12.0. The number of fused-ring (bicyclic) bond motifs is 1. The molecule has 114 valence electrons. The Labute approximate surface area is 124 Å². The van der Waals surface area contributed by atoms with Crippen molar-refractivity contribution in [3.63, 3.8) is 0 Å². The topological polar surface area (TPSA) is 63.5 Å². The van der Waals surface area contributed by atoms with E-state index in [0.29, 0.717) is 13.0 Å². The van der Waals surface area contributed by atoms with Crippen molar-refractivity contribution in [2.75, 3.05) is 20.2 Å². The average molecular weight is 290 g/mol. The lowest BCUT2D eigenvalue weighted by Gasteiger charge is -2.12. The minimum atomic E-state index is -0.00160. The fraction of sp³-hybridized carbons (Fsp3) is 0.438. The lowest BCUT2D eigenvalue weighted by Crippen LogP contribution is -2.39. The lowest BCUT2D eigenvalue weighted by molar-refractivity contribution is -0.120. The largest absolute Gasteiger partial charge is 0.497 e. The number of carbonyl (C=O) groups excluding carboxylic acids is 1. The molecule has 0 bridgehead atoms. The van der Waals surface area contributed by atoms with Gasteiger partial charge in [0.15, 0.2) is 0 Å². The number of hydrogen-bond acceptors (Lipinski definition) is 4. The second-order valence-electron chi connectivity index (χ2n) is 5.06. The van der Waals surface area contributed by atoms with Crippen LogP contribution in [0.3, 0.4) is 0 Å². The van der Waals surface area contributed by atoms with Crippen LogP contribution in [0.1, 0.15) is 19.4 Å². The van der Waals surface area contributed by atoms with Crippen molar-refractivity contribution in [3.8, 4) is 5.75 Å². The van der Waals surface area contributed by atoms with Crippen LogP contribution in [0.25, 0.3) is 11.0 Å². The first-order valence-electron chi connectivity index (χ1n) is 7.18. The number of carbonyl (C=O) groups is 1. The highest BCUT2D eigenvalue weighted by Gasteiger charge is 2.11. The lowest BCUT2D eigenvalue weighted by atomic mass is 10.1. The summed E-state index contributed by atoms with van der Waals surface area (Å²) in [6.45, 7) is 5.61. The Hall–Kier alpha value is -2.01. The van der Waals surface area contributed by atoms with Crippen molar-refractivity contribution in [2.24, 2.45) is 0 Å². The highest BCUT2D eigenvalue weighted by atomic mass is 16.5. The average Bonchev–Trinajstić information content (AvgIpc) is 2.87. The SMILES string of the molecule is CCN[C@H](C)CNC(=O)Cc1coc2cc(OC)ccc12. The Balaban J connectivity index is 1.98. The predicted octanol–water partition coefficient (Wildman–Crippen LogP) is 2.10. The molecule has 1 atom stereocenters. The Morgan fingerprint density at radius 1 is 1.43 bits per heavy atom. The molecule has 2 rings (SSSR count). The summed E-state index contributed by atoms with van der Waals surface area (Å²) < 4.78 is 10.6. The van der Waals surface area contributed by atoms with Gasteiger partial charge in [-0.3, -0.25) is 4.79 Å². The van der Waals surface area contributed by atoms with Crippen LogP contribution in [-0.4, -0.2) is 32.1 Å². The molecule has 0 aliphatic heterocycles. The zero-order valence-electron chi connectivity index (χ0n) is 12.7. The van der Waals surface area contributed by atoms with E-state index in [0.717, 1.165) is 28.8 Å². The minimum absolute atomic E-state index is 0.00160. The smallest absolute Gasteiger partial charge is 0.224 e. The Morgan fingerprint density at radius 3 is 2.95 bits per heavy atom. The van der Waals surface area contributed by atoms with Crippen LogP contribution in [0.2, 0.25) is 0 Å². The monoisotopic (exact) mass is 290 g/mol. The predicted molar refractivity (Wildman–Crippen MR) is 82.6 cm³/mol. The van der Waals surface area contributed by atoms with Crippen LogP contribution in [0, 0.1) is 0 Å². The van der Waals surface area contributed by atoms with Crippen LogP contribution in [-0.2, 0) is 11.2 Å². The highest BCUT2D eigenvalue weighted by molar-refractivity contribution is 5.88. The Bertz CT molecular complexity index is 607. The maximum Gasteiger partial charge on any atom is 0.224 e. The molecule has 21 heavy (non-hydrogen) atoms. The fourth-order valence-electron chi connectivity index (χ4n) is 2.25. The van der Waals surface area contributed by atoms with Crippen molar-refractivity contribution >= 4 is 16.9 Å². The highest BCUT2D eigenvalue weighted by Crippen LogP contribution is 2.25. The summed E-state index contributed by atoms with van der Waals surface area (Å²) in [5, 5.41) is 7.13. The molecule has 1 aromatic heterocycles. The minimum Gasteiger partial charge on any atom is -0.497 e. The first-order valence-corrected chi connectivity index (χ1v) is 7.18. The molecule has 2 aromatic rings. The number of ether oxygens (including phenoxy) is 1. The number of furan rings is 1. The van der Waals surface area contributed by atoms with E-state index in [2.05, 4.69) is 10.6 Å². The van der Waals surface area contributed by atoms with Gasteiger partial charge in [0.2, 0.25) is 5.91 Å². The zero-order valence-corrected chi connectivity index (χ0v) is 12.7. The van der Waals surface area contributed by atoms with E-state index < -0.39 is 0 Å². The van der Waals surface area contributed by atoms with Crippen LogP contribution in [0.4, 0.5) is 0 Å². The van der Waals surface area contributed by atoms with E-state index in [9.17, 15) is 4.79 Å². The van der Waals surface area contributed by atoms with E-state index in [1.54, 1.807) is 13.4 Å². The number of likely N-dealkylation sites (N-methyl/N-ethyl adjacent to an activating group) is 1. The van der Waals surface area contributed by atoms with Crippen LogP contribution >= 0.6 is 0 Å². The third-order valence-corrected chi connectivity index (χ3v) is 3.37. The first kappa shape index (κ1) is 15.4. The standard InChI is InChI=1S/C16H22N2O3/c1-4-17-11(2)9-18-16(19)7-12-10-21-15-8-13(20-3)5-6-14(12)15/h5-6,8,10-11,17H,4,7,9H2,1-3H3,(H,18,19)/t11-/m1/s1. The molecule has 0 radical (unpaired) electrons. The van der Waals surface area contributed by atoms with E-state index in [4.69, 9.17) is 9.15 Å². The molecule has 1 amide bonds. The summed E-state index contributed by atoms with van der Waals surface area (Å²) in [5.74, 6) is 0.741. The number of amides is 1. The molecule has 0 spiro atoms. The summed E-state index contributed by atoms with van der Waals surface area (Å²) in [5.41, 5.74) is 1.62. The van der Waals surface area contributed by atoms with Gasteiger partial charge in [-0.05, 0) is 25.6 Å². The van der Waals surface area contributed by atoms with Gasteiger partial charge in [-0.1, -0.05) is 6.92 Å². The van der Waals surface area contributed by atoms with Gasteiger partial charge in [0, 0.05) is 29.6 Å². The van der Waals surface area contributed by atoms with Gasteiger partial charge in [-0.2, -0.15) is 0 Å². The zero-order chi connectivity index (χ0) is 15.2. The maximum atomic E-state index is 12.0. The van der Waals surface area contributed by atoms with Crippen LogP contribution < -0.4 is 15.4 Å². The second kappa shape index (κ2) is 7.13. The fourth-order valence-corrected chi connectivity index (χ4v) is 2.25. The number of methoxy groups -OCH3 is 1. The normalized spacial score (nSPS) is 12.3. The van der Waals surface area contributed by atoms with Gasteiger partial charge >= 0.3 is 0 Å². The van der Waals surface area contributed by atoms with Crippen molar-refractivity contribution in [1.82, 2.24) is 10.6 Å². The van der Waals surface area contributed by atoms with E-state index >= 15 is 0 Å². The van der Waals surface area contributed by atoms with Gasteiger partial charge < -0.3 is 19.8 Å². The third-order valence-electron chi connectivity index (χ3n) is 3.37.